The van der Waals surface area contributed by atoms with Crippen molar-refractivity contribution in [1.29, 1.82) is 0 Å². The normalized spacial score (nSPS) is 19.6. The van der Waals surface area contributed by atoms with E-state index in [2.05, 4.69) is 0 Å². The van der Waals surface area contributed by atoms with E-state index < -0.39 is 34.6 Å². The van der Waals surface area contributed by atoms with Gasteiger partial charge in [-0.25, -0.2) is 0 Å². The third-order valence-electron chi connectivity index (χ3n) is 2.75. The van der Waals surface area contributed by atoms with Crippen LogP contribution in [0.1, 0.15) is 0 Å². The molecule has 8 N–H and O–H groups in total. The summed E-state index contributed by atoms with van der Waals surface area (Å²) in [6.07, 6.45) is 6.81. The second-order valence-electron chi connectivity index (χ2n) is 4.26. The fourth-order valence-electron chi connectivity index (χ4n) is 1.54. The SMILES string of the molecule is O=C1C=CC(=CNO)C([OH2+])=C1[O-].O=C1C=CC(=CNO)C([OH2+])=C1[O-].[Cu+2]. The number of nitrogens with one attached hydrogen (secondary N) is 2. The van der Waals surface area contributed by atoms with Gasteiger partial charge in [-0.15, -0.1) is 0 Å². The summed E-state index contributed by atoms with van der Waals surface area (Å²) in [5.74, 6) is -3.98. The van der Waals surface area contributed by atoms with E-state index in [1.807, 2.05) is 0 Å². The van der Waals surface area contributed by atoms with Gasteiger partial charge in [0.2, 0.25) is 0 Å². The Morgan fingerprint density at radius 1 is 0.800 bits per heavy atom. The van der Waals surface area contributed by atoms with Crippen molar-refractivity contribution >= 4 is 11.6 Å². The predicted molar refractivity (Wildman–Crippen MR) is 75.6 cm³/mol. The number of carbonyl (C=O) groups excluding carboxylic acids is 2. The summed E-state index contributed by atoms with van der Waals surface area (Å²) < 4.78 is 0. The van der Waals surface area contributed by atoms with Crippen LogP contribution in [0.2, 0.25) is 0 Å². The van der Waals surface area contributed by atoms with E-state index in [-0.39, 0.29) is 28.2 Å². The average Bonchev–Trinajstić information content (AvgIpc) is 2.57. The van der Waals surface area contributed by atoms with Crippen LogP contribution in [0.15, 0.2) is 70.9 Å². The third-order valence-corrected chi connectivity index (χ3v) is 2.75. The molecule has 0 fully saturated rings. The number of rotatable bonds is 2. The number of ketones is 2. The minimum absolute atomic E-state index is 0. The molecule has 0 spiro atoms. The predicted octanol–water partition coefficient (Wildman–Crippen LogP) is -3.43. The summed E-state index contributed by atoms with van der Waals surface area (Å²) in [6, 6.07) is 0. The largest absolute Gasteiger partial charge is 2.00 e. The molecule has 0 aromatic carbocycles. The monoisotopic (exact) mass is 401 g/mol. The van der Waals surface area contributed by atoms with Crippen LogP contribution in [0.25, 0.3) is 0 Å². The Morgan fingerprint density at radius 3 is 1.40 bits per heavy atom. The maximum absolute atomic E-state index is 10.8. The van der Waals surface area contributed by atoms with Crippen molar-refractivity contribution in [2.24, 2.45) is 0 Å². The first-order valence-corrected chi connectivity index (χ1v) is 6.24. The molecule has 0 saturated carbocycles. The second kappa shape index (κ2) is 10.0. The van der Waals surface area contributed by atoms with Gasteiger partial charge < -0.3 is 20.4 Å². The number of carbonyl (C=O) groups is 2. The van der Waals surface area contributed by atoms with Gasteiger partial charge >= 0.3 is 17.1 Å². The molecular formula is C14H14CuN2O8+2. The van der Waals surface area contributed by atoms with Crippen LogP contribution < -0.4 is 21.2 Å². The van der Waals surface area contributed by atoms with E-state index in [1.165, 1.54) is 12.2 Å². The Balaban J connectivity index is 0.000000443. The molecular weight excluding hydrogens is 388 g/mol. The van der Waals surface area contributed by atoms with Crippen molar-refractivity contribution in [3.05, 3.63) is 70.9 Å². The Morgan fingerprint density at radius 2 is 1.12 bits per heavy atom. The molecule has 2 aliphatic rings. The molecule has 2 aliphatic carbocycles. The molecule has 0 bridgehead atoms. The zero-order chi connectivity index (χ0) is 18.3. The summed E-state index contributed by atoms with van der Waals surface area (Å²) in [7, 11) is 0. The molecule has 1 radical (unpaired) electrons. The molecule has 137 valence electrons. The number of hydrogen-bond acceptors (Lipinski definition) is 8. The van der Waals surface area contributed by atoms with Crippen molar-refractivity contribution in [2.75, 3.05) is 0 Å². The molecule has 10 nitrogen and oxygen atoms in total. The summed E-state index contributed by atoms with van der Waals surface area (Å²) in [6.45, 7) is 0. The maximum Gasteiger partial charge on any atom is 2.00 e. The summed E-state index contributed by atoms with van der Waals surface area (Å²) >= 11 is 0. The minimum Gasteiger partial charge on any atom is -0.864 e. The minimum atomic E-state index is -0.862. The summed E-state index contributed by atoms with van der Waals surface area (Å²) in [4.78, 5) is 21.3. The van der Waals surface area contributed by atoms with Gasteiger partial charge in [0, 0.05) is 23.9 Å². The topological polar surface area (TPSA) is 191 Å². The van der Waals surface area contributed by atoms with Gasteiger partial charge in [0.15, 0.2) is 11.6 Å². The molecule has 0 atom stereocenters. The number of allylic oxidation sites excluding steroid dienone is 4. The van der Waals surface area contributed by atoms with E-state index in [4.69, 9.17) is 20.6 Å². The van der Waals surface area contributed by atoms with Crippen LogP contribution in [0.5, 0.6) is 0 Å². The molecule has 0 aliphatic heterocycles. The van der Waals surface area contributed by atoms with Crippen LogP contribution in [-0.2, 0) is 26.7 Å². The second-order valence-corrected chi connectivity index (χ2v) is 4.26. The standard InChI is InChI=1S/2C7H7NO4.Cu/c2*9-5-2-1-4(3-8-12)6(10)7(5)11;/h2*1-3,8,10-12H;/q;;+2. The Labute approximate surface area is 151 Å². The van der Waals surface area contributed by atoms with Crippen molar-refractivity contribution in [2.45, 2.75) is 0 Å². The smallest absolute Gasteiger partial charge is 0.864 e. The third kappa shape index (κ3) is 5.55. The van der Waals surface area contributed by atoms with Crippen LogP contribution in [0.4, 0.5) is 0 Å². The van der Waals surface area contributed by atoms with Crippen molar-refractivity contribution < 1.29 is 57.5 Å². The van der Waals surface area contributed by atoms with Gasteiger partial charge in [-0.05, 0) is 24.3 Å². The molecule has 0 aromatic heterocycles. The molecule has 0 saturated heterocycles. The molecule has 25 heavy (non-hydrogen) atoms. The zero-order valence-corrected chi connectivity index (χ0v) is 13.2. The van der Waals surface area contributed by atoms with Gasteiger partial charge in [0.05, 0.1) is 11.1 Å². The molecule has 0 heterocycles. The van der Waals surface area contributed by atoms with E-state index in [1.54, 1.807) is 11.0 Å². The van der Waals surface area contributed by atoms with Crippen LogP contribution >= 0.6 is 0 Å². The molecule has 11 heteroatoms. The quantitative estimate of drug-likeness (QED) is 0.208. The Kier molecular flexibility index (Phi) is 8.81. The zero-order valence-electron chi connectivity index (χ0n) is 12.3. The van der Waals surface area contributed by atoms with E-state index in [0.717, 1.165) is 24.6 Å². The first-order valence-electron chi connectivity index (χ1n) is 6.24. The molecule has 0 unspecified atom stereocenters. The maximum atomic E-state index is 10.8. The molecule has 2 rings (SSSR count). The van der Waals surface area contributed by atoms with Crippen LogP contribution in [-0.4, -0.2) is 32.2 Å². The molecule has 0 aromatic rings. The Hall–Kier alpha value is -2.98. The van der Waals surface area contributed by atoms with E-state index in [0.29, 0.717) is 0 Å². The van der Waals surface area contributed by atoms with Gasteiger partial charge in [-0.2, -0.15) is 0 Å². The van der Waals surface area contributed by atoms with Crippen LogP contribution in [0, 0.1) is 0 Å². The summed E-state index contributed by atoms with van der Waals surface area (Å²) in [5.41, 5.74) is 3.74. The van der Waals surface area contributed by atoms with Crippen molar-refractivity contribution in [3.8, 4) is 0 Å². The van der Waals surface area contributed by atoms with Gasteiger partial charge in [-0.3, -0.25) is 31.0 Å². The van der Waals surface area contributed by atoms with Crippen LogP contribution in [0.3, 0.4) is 0 Å². The first-order chi connectivity index (χ1) is 11.3. The number of hydroxylamine groups is 2. The van der Waals surface area contributed by atoms with Gasteiger partial charge in [0.1, 0.15) is 0 Å². The van der Waals surface area contributed by atoms with Gasteiger partial charge in [-0.1, -0.05) is 0 Å². The van der Waals surface area contributed by atoms with Gasteiger partial charge in [0.25, 0.3) is 11.5 Å². The Bertz CT molecular complexity index is 669. The summed E-state index contributed by atoms with van der Waals surface area (Å²) in [5, 5.41) is 52.4. The van der Waals surface area contributed by atoms with E-state index >= 15 is 0 Å². The van der Waals surface area contributed by atoms with E-state index in [9.17, 15) is 19.8 Å². The first kappa shape index (κ1) is 22.0. The number of hydrogen-bond donors (Lipinski definition) is 4. The van der Waals surface area contributed by atoms with Crippen molar-refractivity contribution in [3.63, 3.8) is 0 Å². The average molecular weight is 402 g/mol. The fraction of sp³-hybridized carbons (Fsp3) is 0. The molecule has 0 amide bonds. The fourth-order valence-corrected chi connectivity index (χ4v) is 1.54. The van der Waals surface area contributed by atoms with Crippen molar-refractivity contribution in [1.82, 2.24) is 11.0 Å².